The number of nitrogens with one attached hydrogen (secondary N) is 1. The molecule has 0 heterocycles. The van der Waals surface area contributed by atoms with Crippen molar-refractivity contribution >= 4 is 17.6 Å². The van der Waals surface area contributed by atoms with Crippen molar-refractivity contribution in [3.8, 4) is 5.75 Å². The zero-order chi connectivity index (χ0) is 18.9. The SMILES string of the molecule is COc1ccc(CCNC(=O)COC(=O)c2ccccc2[N+](=O)[O-])cc1. The van der Waals surface area contributed by atoms with Crippen LogP contribution in [-0.4, -0.2) is 37.1 Å². The van der Waals surface area contributed by atoms with E-state index >= 15 is 0 Å². The van der Waals surface area contributed by atoms with Crippen molar-refractivity contribution in [3.05, 3.63) is 69.8 Å². The average molecular weight is 358 g/mol. The van der Waals surface area contributed by atoms with Gasteiger partial charge in [-0.3, -0.25) is 14.9 Å². The number of esters is 1. The number of nitro benzene ring substituents is 1. The first kappa shape index (κ1) is 18.9. The summed E-state index contributed by atoms with van der Waals surface area (Å²) in [6.45, 7) is -0.137. The molecule has 0 radical (unpaired) electrons. The van der Waals surface area contributed by atoms with E-state index in [-0.39, 0.29) is 11.3 Å². The van der Waals surface area contributed by atoms with Gasteiger partial charge in [0.2, 0.25) is 0 Å². The Morgan fingerprint density at radius 3 is 2.46 bits per heavy atom. The van der Waals surface area contributed by atoms with Gasteiger partial charge in [0.15, 0.2) is 6.61 Å². The number of carbonyl (C=O) groups excluding carboxylic acids is 2. The van der Waals surface area contributed by atoms with Crippen molar-refractivity contribution in [1.29, 1.82) is 0 Å². The van der Waals surface area contributed by atoms with E-state index in [1.807, 2.05) is 24.3 Å². The number of nitrogens with zero attached hydrogens (tertiary/aromatic N) is 1. The first-order valence-corrected chi connectivity index (χ1v) is 7.81. The lowest BCUT2D eigenvalue weighted by Crippen LogP contribution is -2.30. The molecule has 26 heavy (non-hydrogen) atoms. The van der Waals surface area contributed by atoms with Gasteiger partial charge in [-0.2, -0.15) is 0 Å². The molecule has 2 aromatic rings. The summed E-state index contributed by atoms with van der Waals surface area (Å²) in [5.74, 6) is -0.646. The van der Waals surface area contributed by atoms with Crippen LogP contribution < -0.4 is 10.1 Å². The van der Waals surface area contributed by atoms with Gasteiger partial charge in [-0.05, 0) is 30.2 Å². The molecule has 0 bridgehead atoms. The third-order valence-corrected chi connectivity index (χ3v) is 3.55. The van der Waals surface area contributed by atoms with Gasteiger partial charge in [-0.15, -0.1) is 0 Å². The monoisotopic (exact) mass is 358 g/mol. The van der Waals surface area contributed by atoms with Gasteiger partial charge < -0.3 is 14.8 Å². The van der Waals surface area contributed by atoms with Gasteiger partial charge in [0.05, 0.1) is 12.0 Å². The molecular formula is C18H18N2O6. The number of rotatable bonds is 8. The highest BCUT2D eigenvalue weighted by Crippen LogP contribution is 2.18. The quantitative estimate of drug-likeness (QED) is 0.440. The summed E-state index contributed by atoms with van der Waals surface area (Å²) in [5.41, 5.74) is 0.462. The van der Waals surface area contributed by atoms with Crippen LogP contribution >= 0.6 is 0 Å². The standard InChI is InChI=1S/C18H18N2O6/c1-25-14-8-6-13(7-9-14)10-11-19-17(21)12-26-18(22)15-4-2-3-5-16(15)20(23)24/h2-9H,10-12H2,1H3,(H,19,21). The fraction of sp³-hybridized carbons (Fsp3) is 0.222. The maximum Gasteiger partial charge on any atom is 0.345 e. The Morgan fingerprint density at radius 1 is 1.12 bits per heavy atom. The molecule has 0 aliphatic carbocycles. The van der Waals surface area contributed by atoms with Crippen LogP contribution in [0.3, 0.4) is 0 Å². The van der Waals surface area contributed by atoms with E-state index < -0.39 is 23.4 Å². The molecule has 2 aromatic carbocycles. The predicted molar refractivity (Wildman–Crippen MR) is 93.1 cm³/mol. The highest BCUT2D eigenvalue weighted by molar-refractivity contribution is 5.95. The van der Waals surface area contributed by atoms with Crippen LogP contribution in [0.15, 0.2) is 48.5 Å². The van der Waals surface area contributed by atoms with Gasteiger partial charge in [0, 0.05) is 12.6 Å². The zero-order valence-electron chi connectivity index (χ0n) is 14.1. The lowest BCUT2D eigenvalue weighted by atomic mass is 10.1. The van der Waals surface area contributed by atoms with E-state index in [4.69, 9.17) is 9.47 Å². The number of amides is 1. The summed E-state index contributed by atoms with van der Waals surface area (Å²) in [6, 6.07) is 12.8. The minimum Gasteiger partial charge on any atom is -0.497 e. The summed E-state index contributed by atoms with van der Waals surface area (Å²) in [4.78, 5) is 33.9. The van der Waals surface area contributed by atoms with E-state index in [1.54, 1.807) is 7.11 Å². The molecule has 1 amide bonds. The molecule has 0 unspecified atom stereocenters. The third-order valence-electron chi connectivity index (χ3n) is 3.55. The van der Waals surface area contributed by atoms with Crippen LogP contribution in [0.5, 0.6) is 5.75 Å². The van der Waals surface area contributed by atoms with Gasteiger partial charge in [-0.25, -0.2) is 4.79 Å². The van der Waals surface area contributed by atoms with Crippen LogP contribution in [0.2, 0.25) is 0 Å². The minimum atomic E-state index is -0.914. The number of carbonyl (C=O) groups is 2. The first-order chi connectivity index (χ1) is 12.5. The lowest BCUT2D eigenvalue weighted by molar-refractivity contribution is -0.385. The molecule has 0 saturated carbocycles. The Bertz CT molecular complexity index is 789. The van der Waals surface area contributed by atoms with Crippen molar-refractivity contribution in [1.82, 2.24) is 5.32 Å². The largest absolute Gasteiger partial charge is 0.497 e. The smallest absolute Gasteiger partial charge is 0.345 e. The number of hydrogen-bond acceptors (Lipinski definition) is 6. The molecule has 0 aromatic heterocycles. The third kappa shape index (κ3) is 5.30. The Hall–Kier alpha value is -3.42. The molecule has 0 atom stereocenters. The second-order valence-corrected chi connectivity index (χ2v) is 5.30. The highest BCUT2D eigenvalue weighted by atomic mass is 16.6. The number of methoxy groups -OCH3 is 1. The van der Waals surface area contributed by atoms with E-state index in [2.05, 4.69) is 5.32 Å². The second kappa shape index (κ2) is 9.16. The molecular weight excluding hydrogens is 340 g/mol. The normalized spacial score (nSPS) is 10.0. The van der Waals surface area contributed by atoms with Crippen LogP contribution in [0.4, 0.5) is 5.69 Å². The highest BCUT2D eigenvalue weighted by Gasteiger charge is 2.21. The molecule has 136 valence electrons. The maximum atomic E-state index is 11.9. The molecule has 0 saturated heterocycles. The van der Waals surface area contributed by atoms with Gasteiger partial charge in [-0.1, -0.05) is 24.3 Å². The molecule has 8 nitrogen and oxygen atoms in total. The first-order valence-electron chi connectivity index (χ1n) is 7.81. The summed E-state index contributed by atoms with van der Waals surface area (Å²) in [7, 11) is 1.58. The van der Waals surface area contributed by atoms with Crippen molar-refractivity contribution in [2.45, 2.75) is 6.42 Å². The molecule has 0 spiro atoms. The molecule has 2 rings (SSSR count). The van der Waals surface area contributed by atoms with E-state index in [0.29, 0.717) is 13.0 Å². The van der Waals surface area contributed by atoms with E-state index in [1.165, 1.54) is 24.3 Å². The number of para-hydroxylation sites is 1. The number of nitro groups is 1. The Balaban J connectivity index is 1.78. The van der Waals surface area contributed by atoms with Crippen molar-refractivity contribution in [2.75, 3.05) is 20.3 Å². The van der Waals surface area contributed by atoms with Crippen molar-refractivity contribution in [2.24, 2.45) is 0 Å². The summed E-state index contributed by atoms with van der Waals surface area (Å²) in [6.07, 6.45) is 0.605. The van der Waals surface area contributed by atoms with Crippen LogP contribution in [-0.2, 0) is 16.0 Å². The Morgan fingerprint density at radius 2 is 1.81 bits per heavy atom. The number of benzene rings is 2. The van der Waals surface area contributed by atoms with Crippen LogP contribution in [0.25, 0.3) is 0 Å². The topological polar surface area (TPSA) is 108 Å². The van der Waals surface area contributed by atoms with Crippen molar-refractivity contribution in [3.63, 3.8) is 0 Å². The zero-order valence-corrected chi connectivity index (χ0v) is 14.1. The predicted octanol–water partition coefficient (Wildman–Crippen LogP) is 2.12. The molecule has 0 aliphatic heterocycles. The van der Waals surface area contributed by atoms with E-state index in [9.17, 15) is 19.7 Å². The molecule has 0 fully saturated rings. The van der Waals surface area contributed by atoms with Crippen LogP contribution in [0.1, 0.15) is 15.9 Å². The molecule has 8 heteroatoms. The van der Waals surface area contributed by atoms with Gasteiger partial charge in [0.25, 0.3) is 11.6 Å². The average Bonchev–Trinajstić information content (AvgIpc) is 2.66. The summed E-state index contributed by atoms with van der Waals surface area (Å²) in [5, 5.41) is 13.5. The van der Waals surface area contributed by atoms with Gasteiger partial charge >= 0.3 is 5.97 Å². The Kier molecular flexibility index (Phi) is 6.67. The van der Waals surface area contributed by atoms with Crippen molar-refractivity contribution < 1.29 is 24.0 Å². The lowest BCUT2D eigenvalue weighted by Gasteiger charge is -2.07. The summed E-state index contributed by atoms with van der Waals surface area (Å²) < 4.78 is 9.91. The van der Waals surface area contributed by atoms with E-state index in [0.717, 1.165) is 11.3 Å². The van der Waals surface area contributed by atoms with Gasteiger partial charge in [0.1, 0.15) is 11.3 Å². The summed E-state index contributed by atoms with van der Waals surface area (Å²) >= 11 is 0. The Labute approximate surface area is 149 Å². The molecule has 1 N–H and O–H groups in total. The maximum absolute atomic E-state index is 11.9. The fourth-order valence-corrected chi connectivity index (χ4v) is 2.20. The van der Waals surface area contributed by atoms with Crippen LogP contribution in [0, 0.1) is 10.1 Å². The number of ether oxygens (including phenoxy) is 2. The number of hydrogen-bond donors (Lipinski definition) is 1. The molecule has 0 aliphatic rings. The minimum absolute atomic E-state index is 0.191. The second-order valence-electron chi connectivity index (χ2n) is 5.30. The fourth-order valence-electron chi connectivity index (χ4n) is 2.20.